The monoisotopic (exact) mass is 230 g/mol. The van der Waals surface area contributed by atoms with Crippen LogP contribution in [0.4, 0.5) is 4.39 Å². The van der Waals surface area contributed by atoms with Gasteiger partial charge in [-0.1, -0.05) is 17.7 Å². The van der Waals surface area contributed by atoms with Crippen molar-refractivity contribution in [1.29, 1.82) is 0 Å². The van der Waals surface area contributed by atoms with Crippen LogP contribution in [0.1, 0.15) is 31.1 Å². The van der Waals surface area contributed by atoms with Gasteiger partial charge in [0.1, 0.15) is 11.4 Å². The third-order valence-corrected chi connectivity index (χ3v) is 1.95. The Morgan fingerprint density at radius 2 is 2.00 bits per heavy atom. The van der Waals surface area contributed by atoms with Crippen LogP contribution in [0.2, 0.25) is 5.02 Å². The number of carbonyl (C=O) groups is 1. The number of esters is 1. The summed E-state index contributed by atoms with van der Waals surface area (Å²) in [6.45, 7) is 5.20. The summed E-state index contributed by atoms with van der Waals surface area (Å²) in [5.74, 6) is -1.24. The number of carbonyl (C=O) groups excluding carboxylic acids is 1. The van der Waals surface area contributed by atoms with Crippen LogP contribution in [-0.2, 0) is 4.74 Å². The largest absolute Gasteiger partial charge is 0.456 e. The molecule has 1 rings (SSSR count). The highest BCUT2D eigenvalue weighted by Crippen LogP contribution is 2.22. The van der Waals surface area contributed by atoms with Gasteiger partial charge in [0.25, 0.3) is 0 Å². The van der Waals surface area contributed by atoms with Gasteiger partial charge < -0.3 is 4.74 Å². The summed E-state index contributed by atoms with van der Waals surface area (Å²) in [5.41, 5.74) is -0.571. The van der Waals surface area contributed by atoms with Crippen LogP contribution in [0.5, 0.6) is 0 Å². The number of hydrogen-bond donors (Lipinski definition) is 0. The van der Waals surface area contributed by atoms with Crippen molar-refractivity contribution in [2.75, 3.05) is 0 Å². The van der Waals surface area contributed by atoms with E-state index >= 15 is 0 Å². The van der Waals surface area contributed by atoms with Gasteiger partial charge in [-0.25, -0.2) is 9.18 Å². The minimum atomic E-state index is -0.625. The maximum absolute atomic E-state index is 13.0. The van der Waals surface area contributed by atoms with Gasteiger partial charge in [-0.3, -0.25) is 0 Å². The lowest BCUT2D eigenvalue weighted by molar-refractivity contribution is 0.00693. The molecule has 1 aromatic rings. The molecule has 0 N–H and O–H groups in total. The van der Waals surface area contributed by atoms with Gasteiger partial charge in [-0.15, -0.1) is 0 Å². The van der Waals surface area contributed by atoms with Gasteiger partial charge in [-0.05, 0) is 32.9 Å². The normalized spacial score (nSPS) is 11.3. The summed E-state index contributed by atoms with van der Waals surface area (Å²) >= 11 is 5.64. The molecule has 0 saturated heterocycles. The van der Waals surface area contributed by atoms with E-state index in [4.69, 9.17) is 16.3 Å². The molecule has 82 valence electrons. The summed E-state index contributed by atoms with van der Waals surface area (Å²) in [6, 6.07) is 4.04. The molecule has 0 heterocycles. The summed E-state index contributed by atoms with van der Waals surface area (Å²) in [4.78, 5) is 11.6. The molecule has 4 heteroatoms. The van der Waals surface area contributed by atoms with E-state index in [1.807, 2.05) is 0 Å². The molecule has 0 fully saturated rings. The maximum Gasteiger partial charge on any atom is 0.340 e. The van der Waals surface area contributed by atoms with Crippen molar-refractivity contribution in [3.63, 3.8) is 0 Å². The van der Waals surface area contributed by atoms with Gasteiger partial charge in [0.2, 0.25) is 0 Å². The molecule has 0 radical (unpaired) electrons. The highest BCUT2D eigenvalue weighted by Gasteiger charge is 2.20. The van der Waals surface area contributed by atoms with E-state index < -0.39 is 17.4 Å². The second-order valence-corrected chi connectivity index (χ2v) is 4.48. The van der Waals surface area contributed by atoms with Gasteiger partial charge in [0, 0.05) is 0 Å². The Hall–Kier alpha value is -1.09. The number of benzene rings is 1. The lowest BCUT2D eigenvalue weighted by Gasteiger charge is -2.19. The van der Waals surface area contributed by atoms with E-state index in [1.165, 1.54) is 18.2 Å². The first-order valence-electron chi connectivity index (χ1n) is 4.48. The molecule has 0 aliphatic heterocycles. The Bertz CT molecular complexity index is 383. The fourth-order valence-electron chi connectivity index (χ4n) is 0.995. The molecule has 0 aliphatic rings. The summed E-state index contributed by atoms with van der Waals surface area (Å²) in [6.07, 6.45) is 0. The van der Waals surface area contributed by atoms with Crippen LogP contribution >= 0.6 is 11.6 Å². The summed E-state index contributed by atoms with van der Waals surface area (Å²) in [7, 11) is 0. The van der Waals surface area contributed by atoms with Crippen LogP contribution in [0.3, 0.4) is 0 Å². The molecule has 15 heavy (non-hydrogen) atoms. The first-order chi connectivity index (χ1) is 6.81. The van der Waals surface area contributed by atoms with Crippen LogP contribution in [0.15, 0.2) is 18.2 Å². The minimum absolute atomic E-state index is 0.0478. The van der Waals surface area contributed by atoms with Crippen LogP contribution in [0, 0.1) is 5.82 Å². The van der Waals surface area contributed by atoms with Crippen molar-refractivity contribution in [2.24, 2.45) is 0 Å². The minimum Gasteiger partial charge on any atom is -0.456 e. The average molecular weight is 231 g/mol. The van der Waals surface area contributed by atoms with Gasteiger partial charge in [-0.2, -0.15) is 0 Å². The number of ether oxygens (including phenoxy) is 1. The zero-order valence-electron chi connectivity index (χ0n) is 8.80. The fourth-order valence-corrected chi connectivity index (χ4v) is 1.20. The third-order valence-electron chi connectivity index (χ3n) is 1.57. The summed E-state index contributed by atoms with van der Waals surface area (Å²) < 4.78 is 18.1. The van der Waals surface area contributed by atoms with E-state index in [0.717, 1.165) is 0 Å². The van der Waals surface area contributed by atoms with Crippen LogP contribution < -0.4 is 0 Å². The van der Waals surface area contributed by atoms with E-state index in [0.29, 0.717) is 0 Å². The Balaban J connectivity index is 2.97. The SMILES string of the molecule is CC(C)(C)OC(=O)c1cccc(F)c1Cl. The van der Waals surface area contributed by atoms with Gasteiger partial charge in [0.05, 0.1) is 10.6 Å². The summed E-state index contributed by atoms with van der Waals surface area (Å²) in [5, 5.41) is -0.202. The number of hydrogen-bond acceptors (Lipinski definition) is 2. The van der Waals surface area contributed by atoms with Crippen molar-refractivity contribution in [2.45, 2.75) is 26.4 Å². The predicted octanol–water partition coefficient (Wildman–Crippen LogP) is 3.43. The Morgan fingerprint density at radius 1 is 1.40 bits per heavy atom. The molecule has 0 bridgehead atoms. The zero-order valence-corrected chi connectivity index (χ0v) is 9.56. The van der Waals surface area contributed by atoms with E-state index in [9.17, 15) is 9.18 Å². The van der Waals surface area contributed by atoms with Crippen molar-refractivity contribution in [3.05, 3.63) is 34.6 Å². The molecule has 0 amide bonds. The molecule has 0 unspecified atom stereocenters. The third kappa shape index (κ3) is 3.20. The quantitative estimate of drug-likeness (QED) is 0.691. The molecule has 0 atom stereocenters. The topological polar surface area (TPSA) is 26.3 Å². The van der Waals surface area contributed by atoms with E-state index in [-0.39, 0.29) is 10.6 Å². The fraction of sp³-hybridized carbons (Fsp3) is 0.364. The lowest BCUT2D eigenvalue weighted by Crippen LogP contribution is -2.24. The van der Waals surface area contributed by atoms with Gasteiger partial charge in [0.15, 0.2) is 0 Å². The van der Waals surface area contributed by atoms with E-state index in [1.54, 1.807) is 20.8 Å². The number of halogens is 2. The Morgan fingerprint density at radius 3 is 2.53 bits per heavy atom. The number of rotatable bonds is 1. The maximum atomic E-state index is 13.0. The average Bonchev–Trinajstić information content (AvgIpc) is 2.06. The lowest BCUT2D eigenvalue weighted by atomic mass is 10.1. The van der Waals surface area contributed by atoms with Gasteiger partial charge >= 0.3 is 5.97 Å². The molecule has 2 nitrogen and oxygen atoms in total. The van der Waals surface area contributed by atoms with Crippen LogP contribution in [0.25, 0.3) is 0 Å². The zero-order chi connectivity index (χ0) is 11.6. The molecule has 0 spiro atoms. The Labute approximate surface area is 93.0 Å². The molecular weight excluding hydrogens is 219 g/mol. The van der Waals surface area contributed by atoms with Crippen molar-refractivity contribution in [1.82, 2.24) is 0 Å². The standard InChI is InChI=1S/C11H12ClFO2/c1-11(2,3)15-10(14)7-5-4-6-8(13)9(7)12/h4-6H,1-3H3. The molecule has 0 saturated carbocycles. The molecule has 1 aromatic carbocycles. The van der Waals surface area contributed by atoms with Crippen LogP contribution in [-0.4, -0.2) is 11.6 Å². The van der Waals surface area contributed by atoms with Crippen molar-refractivity contribution >= 4 is 17.6 Å². The van der Waals surface area contributed by atoms with Crippen molar-refractivity contribution < 1.29 is 13.9 Å². The van der Waals surface area contributed by atoms with E-state index in [2.05, 4.69) is 0 Å². The van der Waals surface area contributed by atoms with Crippen molar-refractivity contribution in [3.8, 4) is 0 Å². The first kappa shape index (κ1) is 12.0. The smallest absolute Gasteiger partial charge is 0.340 e. The first-order valence-corrected chi connectivity index (χ1v) is 4.86. The molecule has 0 aliphatic carbocycles. The highest BCUT2D eigenvalue weighted by molar-refractivity contribution is 6.33. The molecular formula is C11H12ClFO2. The second-order valence-electron chi connectivity index (χ2n) is 4.10. The molecule has 0 aromatic heterocycles. The Kier molecular flexibility index (Phi) is 3.35. The highest BCUT2D eigenvalue weighted by atomic mass is 35.5. The second kappa shape index (κ2) is 4.19. The predicted molar refractivity (Wildman–Crippen MR) is 56.6 cm³/mol.